The molecule has 0 aromatic heterocycles. The lowest BCUT2D eigenvalue weighted by molar-refractivity contribution is -0.157. The smallest absolute Gasteiger partial charge is 0.328 e. The lowest BCUT2D eigenvalue weighted by Gasteiger charge is -2.25. The van der Waals surface area contributed by atoms with Gasteiger partial charge in [-0.1, -0.05) is 54.6 Å². The maximum Gasteiger partial charge on any atom is 0.328 e. The molecule has 0 aliphatic rings. The van der Waals surface area contributed by atoms with Crippen LogP contribution in [0.15, 0.2) is 54.6 Å². The van der Waals surface area contributed by atoms with Gasteiger partial charge in [0.15, 0.2) is 0 Å². The van der Waals surface area contributed by atoms with E-state index in [4.69, 9.17) is 9.94 Å². The van der Waals surface area contributed by atoms with Gasteiger partial charge in [0, 0.05) is 13.0 Å². The summed E-state index contributed by atoms with van der Waals surface area (Å²) in [5.41, 5.74) is 3.88. The van der Waals surface area contributed by atoms with E-state index < -0.39 is 17.6 Å². The third-order valence-corrected chi connectivity index (χ3v) is 4.04. The number of carbonyl (C=O) groups excluding carboxylic acids is 2. The molecule has 0 spiro atoms. The molecule has 2 aromatic rings. The topological polar surface area (TPSA) is 87.7 Å². The van der Waals surface area contributed by atoms with Crippen molar-refractivity contribution in [1.29, 1.82) is 0 Å². The largest absolute Gasteiger partial charge is 0.459 e. The van der Waals surface area contributed by atoms with Crippen LogP contribution in [0.2, 0.25) is 0 Å². The lowest BCUT2D eigenvalue weighted by atomic mass is 10.0. The van der Waals surface area contributed by atoms with Crippen LogP contribution in [0.1, 0.15) is 49.9 Å². The minimum absolute atomic E-state index is 0.206. The number of esters is 1. The highest BCUT2D eigenvalue weighted by atomic mass is 16.6. The molecule has 150 valence electrons. The Hall–Kier alpha value is -2.70. The van der Waals surface area contributed by atoms with Crippen LogP contribution in [-0.4, -0.2) is 22.7 Å². The molecule has 1 atom stereocenters. The highest BCUT2D eigenvalue weighted by molar-refractivity contribution is 5.78. The van der Waals surface area contributed by atoms with E-state index in [2.05, 4.69) is 5.32 Å². The van der Waals surface area contributed by atoms with Crippen molar-refractivity contribution in [3.8, 4) is 0 Å². The molecule has 0 bridgehead atoms. The Morgan fingerprint density at radius 1 is 1.04 bits per heavy atom. The summed E-state index contributed by atoms with van der Waals surface area (Å²) in [6, 6.07) is 16.7. The Morgan fingerprint density at radius 3 is 2.36 bits per heavy atom. The molecule has 28 heavy (non-hydrogen) atoms. The third-order valence-electron chi connectivity index (χ3n) is 4.04. The predicted molar refractivity (Wildman–Crippen MR) is 107 cm³/mol. The van der Waals surface area contributed by atoms with Crippen molar-refractivity contribution in [2.24, 2.45) is 0 Å². The molecule has 0 radical (unpaired) electrons. The number of rotatable bonds is 8. The second-order valence-corrected chi connectivity index (χ2v) is 7.61. The molecule has 0 saturated carbocycles. The fraction of sp³-hybridized carbons (Fsp3) is 0.364. The predicted octanol–water partition coefficient (Wildman–Crippen LogP) is 3.30. The average Bonchev–Trinajstić information content (AvgIpc) is 2.66. The van der Waals surface area contributed by atoms with Crippen LogP contribution < -0.4 is 10.8 Å². The minimum Gasteiger partial charge on any atom is -0.459 e. The molecule has 2 aromatic carbocycles. The summed E-state index contributed by atoms with van der Waals surface area (Å²) in [6.45, 7) is 6.01. The number of nitrogens with one attached hydrogen (secondary N) is 2. The molecular formula is C22H28N2O4. The summed E-state index contributed by atoms with van der Waals surface area (Å²) in [5, 5.41) is 11.9. The first kappa shape index (κ1) is 21.6. The SMILES string of the molecule is CC(C)(C)OC(=O)[C@@H](NCc1cccc(CCC(=O)NO)c1)c1ccccc1. The van der Waals surface area contributed by atoms with E-state index in [-0.39, 0.29) is 12.4 Å². The molecule has 0 saturated heterocycles. The number of benzene rings is 2. The summed E-state index contributed by atoms with van der Waals surface area (Å²) in [6.07, 6.45) is 0.729. The van der Waals surface area contributed by atoms with Gasteiger partial charge in [-0.05, 0) is 43.9 Å². The van der Waals surface area contributed by atoms with Crippen LogP contribution >= 0.6 is 0 Å². The minimum atomic E-state index is -0.579. The second-order valence-electron chi connectivity index (χ2n) is 7.61. The molecule has 3 N–H and O–H groups in total. The average molecular weight is 384 g/mol. The van der Waals surface area contributed by atoms with Crippen molar-refractivity contribution in [1.82, 2.24) is 10.8 Å². The van der Waals surface area contributed by atoms with Crippen molar-refractivity contribution in [2.45, 2.75) is 51.8 Å². The molecule has 0 aliphatic heterocycles. The lowest BCUT2D eigenvalue weighted by Crippen LogP contribution is -2.34. The zero-order valence-electron chi connectivity index (χ0n) is 16.6. The Kier molecular flexibility index (Phi) is 7.72. The van der Waals surface area contributed by atoms with E-state index in [0.29, 0.717) is 13.0 Å². The van der Waals surface area contributed by atoms with Gasteiger partial charge in [-0.3, -0.25) is 15.3 Å². The van der Waals surface area contributed by atoms with Gasteiger partial charge in [-0.2, -0.15) is 0 Å². The van der Waals surface area contributed by atoms with E-state index in [1.165, 1.54) is 0 Å². The van der Waals surface area contributed by atoms with Crippen molar-refractivity contribution in [3.63, 3.8) is 0 Å². The molecule has 0 heterocycles. The maximum absolute atomic E-state index is 12.7. The molecular weight excluding hydrogens is 356 g/mol. The van der Waals surface area contributed by atoms with Crippen molar-refractivity contribution in [3.05, 3.63) is 71.3 Å². The number of carbonyl (C=O) groups is 2. The number of hydrogen-bond donors (Lipinski definition) is 3. The number of hydrogen-bond acceptors (Lipinski definition) is 5. The first-order chi connectivity index (χ1) is 13.3. The van der Waals surface area contributed by atoms with E-state index in [9.17, 15) is 9.59 Å². The number of aryl methyl sites for hydroxylation is 1. The number of amides is 1. The van der Waals surface area contributed by atoms with Gasteiger partial charge in [-0.25, -0.2) is 10.3 Å². The van der Waals surface area contributed by atoms with E-state index >= 15 is 0 Å². The summed E-state index contributed by atoms with van der Waals surface area (Å²) in [7, 11) is 0. The Balaban J connectivity index is 2.08. The highest BCUT2D eigenvalue weighted by Gasteiger charge is 2.26. The summed E-state index contributed by atoms with van der Waals surface area (Å²) < 4.78 is 5.57. The van der Waals surface area contributed by atoms with E-state index in [1.807, 2.05) is 75.4 Å². The van der Waals surface area contributed by atoms with Crippen LogP contribution in [0.4, 0.5) is 0 Å². The van der Waals surface area contributed by atoms with Gasteiger partial charge in [-0.15, -0.1) is 0 Å². The van der Waals surface area contributed by atoms with E-state index in [0.717, 1.165) is 16.7 Å². The molecule has 6 heteroatoms. The quantitative estimate of drug-likeness (QED) is 0.369. The van der Waals surface area contributed by atoms with Gasteiger partial charge in [0.2, 0.25) is 5.91 Å². The van der Waals surface area contributed by atoms with Crippen molar-refractivity contribution in [2.75, 3.05) is 0 Å². The number of ether oxygens (including phenoxy) is 1. The zero-order valence-corrected chi connectivity index (χ0v) is 16.6. The summed E-state index contributed by atoms with van der Waals surface area (Å²) >= 11 is 0. The molecule has 1 amide bonds. The Morgan fingerprint density at radius 2 is 1.71 bits per heavy atom. The van der Waals surface area contributed by atoms with E-state index in [1.54, 1.807) is 5.48 Å². The fourth-order valence-electron chi connectivity index (χ4n) is 2.77. The van der Waals surface area contributed by atoms with Crippen molar-refractivity contribution >= 4 is 11.9 Å². The highest BCUT2D eigenvalue weighted by Crippen LogP contribution is 2.19. The van der Waals surface area contributed by atoms with Gasteiger partial charge >= 0.3 is 5.97 Å². The van der Waals surface area contributed by atoms with Crippen LogP contribution in [0.5, 0.6) is 0 Å². The zero-order chi connectivity index (χ0) is 20.6. The summed E-state index contributed by atoms with van der Waals surface area (Å²) in [5.74, 6) is -0.743. The first-order valence-corrected chi connectivity index (χ1v) is 9.30. The first-order valence-electron chi connectivity index (χ1n) is 9.30. The molecule has 0 unspecified atom stereocenters. The van der Waals surface area contributed by atoms with Crippen LogP contribution in [-0.2, 0) is 27.3 Å². The van der Waals surface area contributed by atoms with Crippen LogP contribution in [0.3, 0.4) is 0 Å². The molecule has 0 aliphatic carbocycles. The molecule has 2 rings (SSSR count). The van der Waals surface area contributed by atoms with Crippen LogP contribution in [0, 0.1) is 0 Å². The standard InChI is InChI=1S/C22H28N2O4/c1-22(2,3)28-21(26)20(18-10-5-4-6-11-18)23-15-17-9-7-8-16(14-17)12-13-19(25)24-27/h4-11,14,20,23,27H,12-13,15H2,1-3H3,(H,24,25)/t20-/m0/s1. The summed E-state index contributed by atoms with van der Waals surface area (Å²) in [4.78, 5) is 23.9. The molecule has 0 fully saturated rings. The second kappa shape index (κ2) is 10.0. The van der Waals surface area contributed by atoms with Gasteiger partial charge in [0.25, 0.3) is 0 Å². The Bertz CT molecular complexity index is 785. The monoisotopic (exact) mass is 384 g/mol. The normalized spacial score (nSPS) is 12.3. The third kappa shape index (κ3) is 7.13. The Labute approximate surface area is 165 Å². The van der Waals surface area contributed by atoms with Crippen molar-refractivity contribution < 1.29 is 19.5 Å². The van der Waals surface area contributed by atoms with Crippen LogP contribution in [0.25, 0.3) is 0 Å². The van der Waals surface area contributed by atoms with Gasteiger partial charge in [0.05, 0.1) is 0 Å². The van der Waals surface area contributed by atoms with Gasteiger partial charge < -0.3 is 4.74 Å². The maximum atomic E-state index is 12.7. The number of hydroxylamine groups is 1. The fourth-order valence-corrected chi connectivity index (χ4v) is 2.77. The van der Waals surface area contributed by atoms with Gasteiger partial charge in [0.1, 0.15) is 11.6 Å². The molecule has 6 nitrogen and oxygen atoms in total.